The molecule has 0 bridgehead atoms. The summed E-state index contributed by atoms with van der Waals surface area (Å²) < 4.78 is 10.7. The van der Waals surface area contributed by atoms with Gasteiger partial charge in [-0.1, -0.05) is 18.2 Å². The van der Waals surface area contributed by atoms with Gasteiger partial charge in [-0.25, -0.2) is 0 Å². The first-order valence-corrected chi connectivity index (χ1v) is 7.99. The number of nitro groups is 1. The molecular formula is C20H16N2O5. The number of phenols is 1. The van der Waals surface area contributed by atoms with E-state index in [0.29, 0.717) is 17.0 Å². The van der Waals surface area contributed by atoms with Crippen LogP contribution in [-0.4, -0.2) is 23.4 Å². The topological polar surface area (TPSA) is 94.2 Å². The molecule has 3 aromatic rings. The number of hydrogen-bond donors (Lipinski definition) is 1. The van der Waals surface area contributed by atoms with Crippen LogP contribution in [0.25, 0.3) is 0 Å². The van der Waals surface area contributed by atoms with Crippen molar-refractivity contribution in [1.29, 1.82) is 0 Å². The second kappa shape index (κ2) is 8.01. The third-order valence-electron chi connectivity index (χ3n) is 3.67. The molecule has 0 unspecified atom stereocenters. The number of phenolic OH excluding ortho intramolecular Hbond substituents is 1. The zero-order chi connectivity index (χ0) is 19.2. The summed E-state index contributed by atoms with van der Waals surface area (Å²) in [5, 5.41) is 20.8. The Morgan fingerprint density at radius 1 is 1.04 bits per heavy atom. The second-order valence-corrected chi connectivity index (χ2v) is 5.52. The number of benzene rings is 3. The fraction of sp³-hybridized carbons (Fsp3) is 0.0500. The van der Waals surface area contributed by atoms with E-state index in [1.807, 2.05) is 30.3 Å². The van der Waals surface area contributed by atoms with E-state index in [4.69, 9.17) is 9.47 Å². The Morgan fingerprint density at radius 3 is 2.33 bits per heavy atom. The maximum absolute atomic E-state index is 11.0. The minimum Gasteiger partial charge on any atom is -0.500 e. The highest BCUT2D eigenvalue weighted by Gasteiger charge is 2.19. The summed E-state index contributed by atoms with van der Waals surface area (Å²) in [5.41, 5.74) is 0.633. The first kappa shape index (κ1) is 17.9. The van der Waals surface area contributed by atoms with E-state index < -0.39 is 16.4 Å². The van der Waals surface area contributed by atoms with Gasteiger partial charge >= 0.3 is 5.69 Å². The highest BCUT2D eigenvalue weighted by molar-refractivity contribution is 5.85. The normalized spacial score (nSPS) is 10.7. The van der Waals surface area contributed by atoms with Crippen molar-refractivity contribution in [3.8, 4) is 23.0 Å². The van der Waals surface area contributed by atoms with Gasteiger partial charge in [0.25, 0.3) is 0 Å². The molecule has 136 valence electrons. The summed E-state index contributed by atoms with van der Waals surface area (Å²) in [4.78, 5) is 14.6. The summed E-state index contributed by atoms with van der Waals surface area (Å²) in [6, 6.07) is 19.2. The minimum atomic E-state index is -0.676. The summed E-state index contributed by atoms with van der Waals surface area (Å²) in [6.07, 6.45) is 1.46. The summed E-state index contributed by atoms with van der Waals surface area (Å²) in [5.74, 6) is 0.902. The van der Waals surface area contributed by atoms with Gasteiger partial charge < -0.3 is 14.6 Å². The van der Waals surface area contributed by atoms with Crippen molar-refractivity contribution in [2.24, 2.45) is 4.99 Å². The molecule has 7 nitrogen and oxygen atoms in total. The lowest BCUT2D eigenvalue weighted by Crippen LogP contribution is -1.94. The highest BCUT2D eigenvalue weighted by Crippen LogP contribution is 2.36. The lowest BCUT2D eigenvalue weighted by molar-refractivity contribution is -0.386. The van der Waals surface area contributed by atoms with Crippen molar-refractivity contribution in [1.82, 2.24) is 0 Å². The number of nitro benzene ring substituents is 1. The standard InChI is InChI=1S/C20H16N2O5/c1-26-19-12-14(11-18(20(19)23)22(24)25)13-21-15-7-9-17(10-8-15)27-16-5-3-2-4-6-16/h2-13,23H,1H3. The third kappa shape index (κ3) is 4.40. The Labute approximate surface area is 155 Å². The van der Waals surface area contributed by atoms with Crippen molar-refractivity contribution in [2.75, 3.05) is 7.11 Å². The van der Waals surface area contributed by atoms with Crippen LogP contribution in [0.3, 0.4) is 0 Å². The lowest BCUT2D eigenvalue weighted by atomic mass is 10.2. The van der Waals surface area contributed by atoms with Gasteiger partial charge in [-0.05, 0) is 42.5 Å². The Morgan fingerprint density at radius 2 is 1.70 bits per heavy atom. The number of para-hydroxylation sites is 1. The van der Waals surface area contributed by atoms with Crippen LogP contribution in [0.4, 0.5) is 11.4 Å². The van der Waals surface area contributed by atoms with Gasteiger partial charge in [0.05, 0.1) is 17.7 Å². The monoisotopic (exact) mass is 364 g/mol. The molecule has 3 aromatic carbocycles. The zero-order valence-corrected chi connectivity index (χ0v) is 14.4. The molecular weight excluding hydrogens is 348 g/mol. The van der Waals surface area contributed by atoms with Crippen molar-refractivity contribution in [3.05, 3.63) is 82.4 Å². The van der Waals surface area contributed by atoms with Crippen LogP contribution in [0.15, 0.2) is 71.7 Å². The quantitative estimate of drug-likeness (QED) is 0.383. The van der Waals surface area contributed by atoms with Gasteiger partial charge in [0, 0.05) is 17.8 Å². The molecule has 0 atom stereocenters. The van der Waals surface area contributed by atoms with E-state index >= 15 is 0 Å². The predicted octanol–water partition coefficient (Wildman–Crippen LogP) is 4.85. The van der Waals surface area contributed by atoms with Crippen LogP contribution < -0.4 is 9.47 Å². The molecule has 0 aliphatic rings. The van der Waals surface area contributed by atoms with E-state index in [9.17, 15) is 15.2 Å². The van der Waals surface area contributed by atoms with Gasteiger partial charge in [-0.2, -0.15) is 0 Å². The maximum atomic E-state index is 11.0. The van der Waals surface area contributed by atoms with Gasteiger partial charge in [0.2, 0.25) is 5.75 Å². The van der Waals surface area contributed by atoms with Crippen LogP contribution in [0, 0.1) is 10.1 Å². The van der Waals surface area contributed by atoms with Gasteiger partial charge in [0.1, 0.15) is 11.5 Å². The number of ether oxygens (including phenoxy) is 2. The van der Waals surface area contributed by atoms with E-state index in [1.165, 1.54) is 25.5 Å². The Kier molecular flexibility index (Phi) is 5.32. The molecule has 0 aromatic heterocycles. The summed E-state index contributed by atoms with van der Waals surface area (Å²) in [7, 11) is 1.32. The molecule has 0 amide bonds. The van der Waals surface area contributed by atoms with Crippen LogP contribution in [0.1, 0.15) is 5.56 Å². The van der Waals surface area contributed by atoms with Crippen LogP contribution in [0.2, 0.25) is 0 Å². The average molecular weight is 364 g/mol. The first-order valence-electron chi connectivity index (χ1n) is 7.99. The number of aromatic hydroxyl groups is 1. The molecule has 0 aliphatic heterocycles. The van der Waals surface area contributed by atoms with E-state index in [1.54, 1.807) is 24.3 Å². The lowest BCUT2D eigenvalue weighted by Gasteiger charge is -2.06. The largest absolute Gasteiger partial charge is 0.500 e. The van der Waals surface area contributed by atoms with Crippen molar-refractivity contribution in [3.63, 3.8) is 0 Å². The number of methoxy groups -OCH3 is 1. The molecule has 0 saturated carbocycles. The molecule has 0 aliphatic carbocycles. The maximum Gasteiger partial charge on any atom is 0.315 e. The number of rotatable bonds is 6. The molecule has 27 heavy (non-hydrogen) atoms. The second-order valence-electron chi connectivity index (χ2n) is 5.52. The fourth-order valence-electron chi connectivity index (χ4n) is 2.36. The third-order valence-corrected chi connectivity index (χ3v) is 3.67. The highest BCUT2D eigenvalue weighted by atomic mass is 16.6. The van der Waals surface area contributed by atoms with Crippen LogP contribution in [0.5, 0.6) is 23.0 Å². The predicted molar refractivity (Wildman–Crippen MR) is 102 cm³/mol. The number of hydrogen-bond acceptors (Lipinski definition) is 6. The van der Waals surface area contributed by atoms with Crippen LogP contribution >= 0.6 is 0 Å². The van der Waals surface area contributed by atoms with Gasteiger partial charge in [-0.3, -0.25) is 15.1 Å². The van der Waals surface area contributed by atoms with E-state index in [-0.39, 0.29) is 5.75 Å². The molecule has 1 N–H and O–H groups in total. The number of nitrogens with zero attached hydrogens (tertiary/aromatic N) is 2. The van der Waals surface area contributed by atoms with E-state index in [0.717, 1.165) is 5.75 Å². The Balaban J connectivity index is 1.78. The average Bonchev–Trinajstić information content (AvgIpc) is 2.69. The molecule has 7 heteroatoms. The van der Waals surface area contributed by atoms with Gasteiger partial charge in [-0.15, -0.1) is 0 Å². The number of aliphatic imine (C=N–C) groups is 1. The summed E-state index contributed by atoms with van der Waals surface area (Å²) >= 11 is 0. The smallest absolute Gasteiger partial charge is 0.315 e. The molecule has 0 spiro atoms. The molecule has 0 heterocycles. The van der Waals surface area contributed by atoms with Crippen molar-refractivity contribution >= 4 is 17.6 Å². The van der Waals surface area contributed by atoms with Crippen molar-refractivity contribution < 1.29 is 19.5 Å². The summed E-state index contributed by atoms with van der Waals surface area (Å²) in [6.45, 7) is 0. The molecule has 0 saturated heterocycles. The van der Waals surface area contributed by atoms with Crippen molar-refractivity contribution in [2.45, 2.75) is 0 Å². The zero-order valence-electron chi connectivity index (χ0n) is 14.4. The van der Waals surface area contributed by atoms with Gasteiger partial charge in [0.15, 0.2) is 5.75 Å². The molecule has 0 fully saturated rings. The Bertz CT molecular complexity index is 970. The molecule has 0 radical (unpaired) electrons. The Hall–Kier alpha value is -3.87. The SMILES string of the molecule is COc1cc(C=Nc2ccc(Oc3ccccc3)cc2)cc([N+](=O)[O-])c1O. The first-order chi connectivity index (χ1) is 13.1. The van der Waals surface area contributed by atoms with Crippen LogP contribution in [-0.2, 0) is 0 Å². The molecule has 3 rings (SSSR count). The fourth-order valence-corrected chi connectivity index (χ4v) is 2.36. The van der Waals surface area contributed by atoms with E-state index in [2.05, 4.69) is 4.99 Å². The minimum absolute atomic E-state index is 0.0114.